The Balaban J connectivity index is 1.52. The van der Waals surface area contributed by atoms with Crippen molar-refractivity contribution in [3.05, 3.63) is 88.6 Å². The predicted octanol–water partition coefficient (Wildman–Crippen LogP) is 3.53. The van der Waals surface area contributed by atoms with Crippen LogP contribution < -0.4 is 5.56 Å². The van der Waals surface area contributed by atoms with E-state index >= 15 is 0 Å². The van der Waals surface area contributed by atoms with Crippen LogP contribution in [0, 0.1) is 11.3 Å². The third kappa shape index (κ3) is 2.98. The van der Waals surface area contributed by atoms with E-state index in [-0.39, 0.29) is 5.56 Å². The number of hydrogen-bond donors (Lipinski definition) is 1. The van der Waals surface area contributed by atoms with Crippen LogP contribution in [0.3, 0.4) is 0 Å². The first-order chi connectivity index (χ1) is 14.2. The fourth-order valence-corrected chi connectivity index (χ4v) is 4.11. The minimum Gasteiger partial charge on any atom is -0.322 e. The van der Waals surface area contributed by atoms with E-state index in [1.54, 1.807) is 4.68 Å². The number of benzene rings is 1. The fraction of sp³-hybridized carbons (Fsp3) is 0.0476. The second kappa shape index (κ2) is 6.96. The highest BCUT2D eigenvalue weighted by Crippen LogP contribution is 2.26. The van der Waals surface area contributed by atoms with E-state index in [0.717, 1.165) is 16.8 Å². The van der Waals surface area contributed by atoms with E-state index in [1.165, 1.54) is 18.0 Å². The van der Waals surface area contributed by atoms with Gasteiger partial charge in [0.1, 0.15) is 11.5 Å². The topological polar surface area (TPSA) is 91.8 Å². The number of nitrogens with zero attached hydrogens (tertiary/aromatic N) is 5. The van der Waals surface area contributed by atoms with Gasteiger partial charge < -0.3 is 9.38 Å². The van der Waals surface area contributed by atoms with E-state index in [2.05, 4.69) is 21.1 Å². The smallest absolute Gasteiger partial charge is 0.262 e. The van der Waals surface area contributed by atoms with Crippen LogP contribution >= 0.6 is 11.8 Å². The summed E-state index contributed by atoms with van der Waals surface area (Å²) >= 11 is 1.38. The van der Waals surface area contributed by atoms with E-state index in [4.69, 9.17) is 0 Å². The molecular weight excluding hydrogens is 384 g/mol. The normalized spacial score (nSPS) is 11.1. The third-order valence-electron chi connectivity index (χ3n) is 4.66. The third-order valence-corrected chi connectivity index (χ3v) is 5.58. The van der Waals surface area contributed by atoms with Gasteiger partial charge in [-0.05, 0) is 29.8 Å². The lowest BCUT2D eigenvalue weighted by Crippen LogP contribution is -2.09. The number of para-hydroxylation sites is 1. The number of rotatable bonds is 4. The number of H-pyrrole nitrogens is 1. The molecule has 0 saturated heterocycles. The van der Waals surface area contributed by atoms with E-state index in [0.29, 0.717) is 27.5 Å². The molecule has 1 aromatic carbocycles. The van der Waals surface area contributed by atoms with Crippen molar-refractivity contribution in [2.75, 3.05) is 0 Å². The monoisotopic (exact) mass is 398 g/mol. The van der Waals surface area contributed by atoms with Gasteiger partial charge in [0, 0.05) is 18.1 Å². The molecule has 140 valence electrons. The molecule has 0 atom stereocenters. The molecule has 0 amide bonds. The van der Waals surface area contributed by atoms with Gasteiger partial charge in [-0.25, -0.2) is 9.67 Å². The summed E-state index contributed by atoms with van der Waals surface area (Å²) < 4.78 is 3.58. The second-order valence-electron chi connectivity index (χ2n) is 6.42. The Morgan fingerprint density at radius 2 is 1.97 bits per heavy atom. The van der Waals surface area contributed by atoms with Crippen molar-refractivity contribution >= 4 is 28.3 Å². The number of nitriles is 1. The van der Waals surface area contributed by atoms with Crippen molar-refractivity contribution in [3.8, 4) is 11.8 Å². The zero-order valence-corrected chi connectivity index (χ0v) is 15.9. The zero-order chi connectivity index (χ0) is 19.8. The first-order valence-electron chi connectivity index (χ1n) is 8.89. The van der Waals surface area contributed by atoms with Crippen LogP contribution in [0.2, 0.25) is 0 Å². The number of aromatic amines is 1. The number of hydrogen-bond acceptors (Lipinski definition) is 5. The maximum absolute atomic E-state index is 12.5. The zero-order valence-electron chi connectivity index (χ0n) is 15.1. The Morgan fingerprint density at radius 3 is 2.79 bits per heavy atom. The highest BCUT2D eigenvalue weighted by molar-refractivity contribution is 7.98. The van der Waals surface area contributed by atoms with Gasteiger partial charge in [0.15, 0.2) is 10.8 Å². The SMILES string of the molecule is N#Cc1c(CSc2nc3c(cnn3-c3ccccc3)c(=O)[nH]2)cn2ccccc12. The Hall–Kier alpha value is -3.83. The molecule has 0 aliphatic heterocycles. The average molecular weight is 398 g/mol. The first kappa shape index (κ1) is 17.3. The van der Waals surface area contributed by atoms with Gasteiger partial charge in [-0.2, -0.15) is 10.4 Å². The summed E-state index contributed by atoms with van der Waals surface area (Å²) in [6, 6.07) is 17.6. The summed E-state index contributed by atoms with van der Waals surface area (Å²) in [6.45, 7) is 0. The number of fused-ring (bicyclic) bond motifs is 2. The molecule has 5 rings (SSSR count). The molecule has 0 radical (unpaired) electrons. The van der Waals surface area contributed by atoms with Crippen molar-refractivity contribution in [1.29, 1.82) is 5.26 Å². The summed E-state index contributed by atoms with van der Waals surface area (Å²) in [5, 5.41) is 14.8. The standard InChI is InChI=1S/C21H14N6OS/c22-10-16-14(12-26-9-5-4-8-18(16)26)13-29-21-24-19-17(20(28)25-21)11-23-27(19)15-6-2-1-3-7-15/h1-9,11-12H,13H2,(H,24,25,28). The fourth-order valence-electron chi connectivity index (χ4n) is 3.29. The summed E-state index contributed by atoms with van der Waals surface area (Å²) in [4.78, 5) is 19.9. The van der Waals surface area contributed by atoms with Gasteiger partial charge >= 0.3 is 0 Å². The van der Waals surface area contributed by atoms with Crippen molar-refractivity contribution in [2.24, 2.45) is 0 Å². The summed E-state index contributed by atoms with van der Waals surface area (Å²) in [7, 11) is 0. The molecule has 0 aliphatic rings. The average Bonchev–Trinajstić information content (AvgIpc) is 3.34. The van der Waals surface area contributed by atoms with Crippen LogP contribution in [-0.4, -0.2) is 24.1 Å². The van der Waals surface area contributed by atoms with Gasteiger partial charge in [0.25, 0.3) is 5.56 Å². The van der Waals surface area contributed by atoms with Crippen molar-refractivity contribution < 1.29 is 0 Å². The van der Waals surface area contributed by atoms with Gasteiger partial charge in [-0.3, -0.25) is 4.79 Å². The van der Waals surface area contributed by atoms with Crippen molar-refractivity contribution in [3.63, 3.8) is 0 Å². The number of pyridine rings is 1. The first-order valence-corrected chi connectivity index (χ1v) is 9.88. The van der Waals surface area contributed by atoms with Crippen LogP contribution in [0.15, 0.2) is 77.1 Å². The second-order valence-corrected chi connectivity index (χ2v) is 7.39. The molecule has 4 heterocycles. The highest BCUT2D eigenvalue weighted by atomic mass is 32.2. The van der Waals surface area contributed by atoms with Crippen LogP contribution in [0.5, 0.6) is 0 Å². The van der Waals surface area contributed by atoms with Crippen LogP contribution in [0.4, 0.5) is 0 Å². The quantitative estimate of drug-likeness (QED) is 0.369. The molecule has 5 aromatic rings. The molecule has 0 aliphatic carbocycles. The van der Waals surface area contributed by atoms with Crippen LogP contribution in [-0.2, 0) is 5.75 Å². The Kier molecular flexibility index (Phi) is 4.15. The molecule has 1 N–H and O–H groups in total. The molecule has 0 fully saturated rings. The Morgan fingerprint density at radius 1 is 1.14 bits per heavy atom. The Bertz CT molecular complexity index is 1440. The number of nitrogens with one attached hydrogen (secondary N) is 1. The maximum Gasteiger partial charge on any atom is 0.262 e. The molecule has 8 heteroatoms. The molecular formula is C21H14N6OS. The van der Waals surface area contributed by atoms with E-state index in [9.17, 15) is 10.1 Å². The van der Waals surface area contributed by atoms with Crippen molar-refractivity contribution in [2.45, 2.75) is 10.9 Å². The van der Waals surface area contributed by atoms with Crippen molar-refractivity contribution in [1.82, 2.24) is 24.1 Å². The molecule has 0 bridgehead atoms. The predicted molar refractivity (Wildman–Crippen MR) is 111 cm³/mol. The lowest BCUT2D eigenvalue weighted by atomic mass is 10.2. The largest absolute Gasteiger partial charge is 0.322 e. The number of aromatic nitrogens is 5. The number of thioether (sulfide) groups is 1. The highest BCUT2D eigenvalue weighted by Gasteiger charge is 2.14. The lowest BCUT2D eigenvalue weighted by Gasteiger charge is -2.04. The van der Waals surface area contributed by atoms with E-state index < -0.39 is 0 Å². The van der Waals surface area contributed by atoms with Crippen LogP contribution in [0.1, 0.15) is 11.1 Å². The van der Waals surface area contributed by atoms with Gasteiger partial charge in [0.2, 0.25) is 0 Å². The minimum atomic E-state index is -0.234. The molecule has 4 aromatic heterocycles. The minimum absolute atomic E-state index is 0.234. The Labute approximate surface area is 169 Å². The summed E-state index contributed by atoms with van der Waals surface area (Å²) in [5.41, 5.74) is 3.50. The molecule has 7 nitrogen and oxygen atoms in total. The maximum atomic E-state index is 12.5. The molecule has 29 heavy (non-hydrogen) atoms. The lowest BCUT2D eigenvalue weighted by molar-refractivity contribution is 0.873. The van der Waals surface area contributed by atoms with Gasteiger partial charge in [-0.1, -0.05) is 36.0 Å². The summed E-state index contributed by atoms with van der Waals surface area (Å²) in [6.07, 6.45) is 5.37. The van der Waals surface area contributed by atoms with E-state index in [1.807, 2.05) is 65.3 Å². The van der Waals surface area contributed by atoms with Gasteiger partial charge in [0.05, 0.1) is 23.0 Å². The molecule has 0 saturated carbocycles. The van der Waals surface area contributed by atoms with Crippen LogP contribution in [0.25, 0.3) is 22.2 Å². The van der Waals surface area contributed by atoms with Gasteiger partial charge in [-0.15, -0.1) is 0 Å². The summed E-state index contributed by atoms with van der Waals surface area (Å²) in [5.74, 6) is 0.512. The molecule has 0 unspecified atom stereocenters. The molecule has 0 spiro atoms.